The highest BCUT2D eigenvalue weighted by Crippen LogP contribution is 2.35. The molecule has 0 radical (unpaired) electrons. The number of imide groups is 1. The molecule has 1 fully saturated rings. The molecule has 0 spiro atoms. The van der Waals surface area contributed by atoms with Crippen LogP contribution in [-0.4, -0.2) is 43.4 Å². The van der Waals surface area contributed by atoms with Crippen molar-refractivity contribution in [1.29, 1.82) is 0 Å². The minimum absolute atomic E-state index is 0.0162. The zero-order valence-electron chi connectivity index (χ0n) is 15.5. The Morgan fingerprint density at radius 2 is 1.67 bits per heavy atom. The van der Waals surface area contributed by atoms with Gasteiger partial charge in [0, 0.05) is 6.54 Å². The Hall–Kier alpha value is -2.83. The van der Waals surface area contributed by atoms with Crippen molar-refractivity contribution in [1.82, 2.24) is 4.90 Å². The van der Waals surface area contributed by atoms with Gasteiger partial charge >= 0.3 is 5.97 Å². The van der Waals surface area contributed by atoms with E-state index in [2.05, 4.69) is 0 Å². The van der Waals surface area contributed by atoms with E-state index in [0.29, 0.717) is 24.3 Å². The molecule has 0 bridgehead atoms. The number of esters is 1. The number of carbonyl (C=O) groups is 3. The third kappa shape index (κ3) is 3.97. The van der Waals surface area contributed by atoms with Gasteiger partial charge in [0.05, 0.1) is 32.5 Å². The summed E-state index contributed by atoms with van der Waals surface area (Å²) in [5.74, 6) is -0.219. The average Bonchev–Trinajstić information content (AvgIpc) is 2.95. The number of allylic oxidation sites excluding steroid dienone is 2. The van der Waals surface area contributed by atoms with Crippen LogP contribution in [-0.2, 0) is 25.7 Å². The van der Waals surface area contributed by atoms with E-state index in [9.17, 15) is 14.4 Å². The van der Waals surface area contributed by atoms with E-state index >= 15 is 0 Å². The van der Waals surface area contributed by atoms with Gasteiger partial charge < -0.3 is 14.2 Å². The fraction of sp³-hybridized carbons (Fsp3) is 0.450. The van der Waals surface area contributed by atoms with Gasteiger partial charge in [0.15, 0.2) is 11.5 Å². The van der Waals surface area contributed by atoms with E-state index in [1.54, 1.807) is 25.3 Å². The second-order valence-corrected chi connectivity index (χ2v) is 6.58. The molecular weight excluding hydrogens is 350 g/mol. The number of amides is 2. The Bertz CT molecular complexity index is 746. The van der Waals surface area contributed by atoms with E-state index in [4.69, 9.17) is 14.2 Å². The van der Waals surface area contributed by atoms with Crippen molar-refractivity contribution in [2.24, 2.45) is 11.8 Å². The van der Waals surface area contributed by atoms with Crippen LogP contribution in [0.1, 0.15) is 24.8 Å². The van der Waals surface area contributed by atoms with E-state index in [-0.39, 0.29) is 43.2 Å². The van der Waals surface area contributed by atoms with E-state index in [1.165, 1.54) is 12.0 Å². The van der Waals surface area contributed by atoms with Crippen LogP contribution >= 0.6 is 0 Å². The van der Waals surface area contributed by atoms with Crippen LogP contribution in [0.15, 0.2) is 30.4 Å². The summed E-state index contributed by atoms with van der Waals surface area (Å²) in [5, 5.41) is 0. The normalized spacial score (nSPS) is 21.2. The monoisotopic (exact) mass is 373 g/mol. The lowest BCUT2D eigenvalue weighted by Crippen LogP contribution is -2.33. The highest BCUT2D eigenvalue weighted by Gasteiger charge is 2.46. The maximum absolute atomic E-state index is 12.4. The maximum Gasteiger partial charge on any atom is 0.307 e. The van der Waals surface area contributed by atoms with E-state index in [0.717, 1.165) is 5.56 Å². The third-order valence-corrected chi connectivity index (χ3v) is 4.99. The predicted octanol–water partition coefficient (Wildman–Crippen LogP) is 2.09. The zero-order chi connectivity index (χ0) is 19.4. The van der Waals surface area contributed by atoms with E-state index in [1.807, 2.05) is 12.2 Å². The number of fused-ring (bicyclic) bond motifs is 1. The summed E-state index contributed by atoms with van der Waals surface area (Å²) >= 11 is 0. The predicted molar refractivity (Wildman–Crippen MR) is 96.0 cm³/mol. The standard InChI is InChI=1S/C20H23NO6/c1-25-16-8-7-13(11-17(16)26-2)12-27-18(22)9-10-21-19(23)14-5-3-4-6-15(14)20(21)24/h3-4,7-8,11,14-15H,5-6,9-10,12H2,1-2H3/t14-,15-/m0/s1. The second-order valence-electron chi connectivity index (χ2n) is 6.58. The lowest BCUT2D eigenvalue weighted by Gasteiger charge is -2.14. The first-order valence-electron chi connectivity index (χ1n) is 8.92. The lowest BCUT2D eigenvalue weighted by molar-refractivity contribution is -0.146. The molecular formula is C20H23NO6. The van der Waals surface area contributed by atoms with Crippen molar-refractivity contribution in [3.63, 3.8) is 0 Å². The maximum atomic E-state index is 12.4. The number of nitrogens with zero attached hydrogens (tertiary/aromatic N) is 1. The first-order valence-corrected chi connectivity index (χ1v) is 8.92. The van der Waals surface area contributed by atoms with Gasteiger partial charge in [-0.15, -0.1) is 0 Å². The molecule has 2 aliphatic rings. The quantitative estimate of drug-likeness (QED) is 0.414. The molecule has 2 amide bonds. The van der Waals surface area contributed by atoms with Crippen LogP contribution < -0.4 is 9.47 Å². The Balaban J connectivity index is 1.50. The Labute approximate surface area is 157 Å². The Kier molecular flexibility index (Phi) is 5.78. The Morgan fingerprint density at radius 1 is 1.04 bits per heavy atom. The SMILES string of the molecule is COc1ccc(COC(=O)CCN2C(=O)[C@H]3CC=CC[C@@H]3C2=O)cc1OC. The van der Waals surface area contributed by atoms with Crippen LogP contribution in [0, 0.1) is 11.8 Å². The van der Waals surface area contributed by atoms with Crippen LogP contribution in [0.5, 0.6) is 11.5 Å². The number of ether oxygens (including phenoxy) is 3. The molecule has 7 nitrogen and oxygen atoms in total. The van der Waals surface area contributed by atoms with E-state index < -0.39 is 5.97 Å². The summed E-state index contributed by atoms with van der Waals surface area (Å²) in [6.45, 7) is 0.145. The highest BCUT2D eigenvalue weighted by molar-refractivity contribution is 6.05. The van der Waals surface area contributed by atoms with Gasteiger partial charge in [-0.05, 0) is 30.5 Å². The molecule has 0 saturated carbocycles. The van der Waals surface area contributed by atoms with Crippen molar-refractivity contribution in [2.75, 3.05) is 20.8 Å². The minimum atomic E-state index is -0.460. The molecule has 1 heterocycles. The Morgan fingerprint density at radius 3 is 2.26 bits per heavy atom. The van der Waals surface area contributed by atoms with Gasteiger partial charge in [0.25, 0.3) is 0 Å². The molecule has 2 atom stereocenters. The molecule has 1 aliphatic carbocycles. The minimum Gasteiger partial charge on any atom is -0.493 e. The summed E-state index contributed by atoms with van der Waals surface area (Å²) in [6, 6.07) is 5.25. The number of likely N-dealkylation sites (tertiary alicyclic amines) is 1. The molecule has 7 heteroatoms. The summed E-state index contributed by atoms with van der Waals surface area (Å²) in [5.41, 5.74) is 0.756. The summed E-state index contributed by atoms with van der Waals surface area (Å²) in [7, 11) is 3.08. The van der Waals surface area contributed by atoms with Gasteiger partial charge in [-0.1, -0.05) is 18.2 Å². The van der Waals surface area contributed by atoms with Crippen LogP contribution in [0.25, 0.3) is 0 Å². The molecule has 1 aliphatic heterocycles. The van der Waals surface area contributed by atoms with Gasteiger partial charge in [-0.3, -0.25) is 19.3 Å². The highest BCUT2D eigenvalue weighted by atomic mass is 16.5. The molecule has 0 aromatic heterocycles. The van der Waals surface area contributed by atoms with Crippen LogP contribution in [0.4, 0.5) is 0 Å². The van der Waals surface area contributed by atoms with Gasteiger partial charge in [0.2, 0.25) is 11.8 Å². The number of methoxy groups -OCH3 is 2. The lowest BCUT2D eigenvalue weighted by atomic mass is 9.85. The number of rotatable bonds is 7. The largest absolute Gasteiger partial charge is 0.493 e. The smallest absolute Gasteiger partial charge is 0.307 e. The molecule has 0 N–H and O–H groups in total. The molecule has 0 unspecified atom stereocenters. The summed E-state index contributed by atoms with van der Waals surface area (Å²) in [4.78, 5) is 38.0. The fourth-order valence-corrected chi connectivity index (χ4v) is 3.50. The third-order valence-electron chi connectivity index (χ3n) is 4.99. The molecule has 1 aromatic carbocycles. The van der Waals surface area contributed by atoms with Crippen LogP contribution in [0.3, 0.4) is 0 Å². The first kappa shape index (κ1) is 18.9. The topological polar surface area (TPSA) is 82.1 Å². The first-order chi connectivity index (χ1) is 13.0. The molecule has 1 aromatic rings. The average molecular weight is 373 g/mol. The molecule has 3 rings (SSSR count). The van der Waals surface area contributed by atoms with Crippen LogP contribution in [0.2, 0.25) is 0 Å². The fourth-order valence-electron chi connectivity index (χ4n) is 3.50. The van der Waals surface area contributed by atoms with Crippen molar-refractivity contribution in [3.8, 4) is 11.5 Å². The van der Waals surface area contributed by atoms with Crippen molar-refractivity contribution < 1.29 is 28.6 Å². The van der Waals surface area contributed by atoms with Crippen molar-refractivity contribution in [2.45, 2.75) is 25.9 Å². The van der Waals surface area contributed by atoms with Crippen molar-refractivity contribution in [3.05, 3.63) is 35.9 Å². The zero-order valence-corrected chi connectivity index (χ0v) is 15.5. The summed E-state index contributed by atoms with van der Waals surface area (Å²) in [6.07, 6.45) is 5.04. The molecule has 1 saturated heterocycles. The van der Waals surface area contributed by atoms with Gasteiger partial charge in [-0.2, -0.15) is 0 Å². The number of carbonyl (C=O) groups excluding carboxylic acids is 3. The summed E-state index contributed by atoms with van der Waals surface area (Å²) < 4.78 is 15.6. The van der Waals surface area contributed by atoms with Gasteiger partial charge in [-0.25, -0.2) is 0 Å². The molecule has 144 valence electrons. The number of benzene rings is 1. The number of hydrogen-bond donors (Lipinski definition) is 0. The number of hydrogen-bond acceptors (Lipinski definition) is 6. The van der Waals surface area contributed by atoms with Gasteiger partial charge in [0.1, 0.15) is 6.61 Å². The molecule has 27 heavy (non-hydrogen) atoms. The second kappa shape index (κ2) is 8.24. The van der Waals surface area contributed by atoms with Crippen molar-refractivity contribution >= 4 is 17.8 Å².